The average Bonchev–Trinajstić information content (AvgIpc) is 2.62. The first-order valence-corrected chi connectivity index (χ1v) is 4.39. The highest BCUT2D eigenvalue weighted by Gasteiger charge is 2.10. The maximum absolute atomic E-state index is 5.59. The van der Waals surface area contributed by atoms with E-state index in [1.165, 1.54) is 16.0 Å². The average molecular weight is 196 g/mol. The highest BCUT2D eigenvalue weighted by molar-refractivity contribution is 7.14. The molecule has 0 radical (unpaired) electrons. The largest absolute Gasteiger partial charge is 0.366 e. The molecule has 2 heterocycles. The first-order chi connectivity index (χ1) is 6.18. The van der Waals surface area contributed by atoms with Gasteiger partial charge in [-0.3, -0.25) is 0 Å². The van der Waals surface area contributed by atoms with Crippen LogP contribution in [0.15, 0.2) is 6.20 Å². The molecule has 0 unspecified atom stereocenters. The fourth-order valence-electron chi connectivity index (χ4n) is 0.936. The first kappa shape index (κ1) is 7.99. The van der Waals surface area contributed by atoms with Gasteiger partial charge in [0, 0.05) is 6.20 Å². The molecular weight excluding hydrogens is 188 g/mol. The van der Waals surface area contributed by atoms with Gasteiger partial charge in [0.2, 0.25) is 5.95 Å². The third-order valence-electron chi connectivity index (χ3n) is 1.56. The summed E-state index contributed by atoms with van der Waals surface area (Å²) in [7, 11) is 0. The second kappa shape index (κ2) is 2.70. The number of hydrogen-bond donors (Lipinski definition) is 2. The van der Waals surface area contributed by atoms with Crippen molar-refractivity contribution in [3.63, 3.8) is 0 Å². The Balaban J connectivity index is 2.52. The van der Waals surface area contributed by atoms with Crippen LogP contribution in [-0.4, -0.2) is 19.9 Å². The highest BCUT2D eigenvalue weighted by atomic mass is 32.1. The van der Waals surface area contributed by atoms with Crippen molar-refractivity contribution in [3.05, 3.63) is 11.2 Å². The van der Waals surface area contributed by atoms with E-state index in [1.807, 2.05) is 6.92 Å². The van der Waals surface area contributed by atoms with Gasteiger partial charge >= 0.3 is 0 Å². The number of nitrogen functional groups attached to an aromatic ring is 2. The van der Waals surface area contributed by atoms with Crippen molar-refractivity contribution < 1.29 is 0 Å². The molecular formula is C6H8N6S. The molecule has 6 nitrogen and oxygen atoms in total. The summed E-state index contributed by atoms with van der Waals surface area (Å²) >= 11 is 1.50. The van der Waals surface area contributed by atoms with Gasteiger partial charge in [0.25, 0.3) is 0 Å². The van der Waals surface area contributed by atoms with E-state index < -0.39 is 0 Å². The van der Waals surface area contributed by atoms with Gasteiger partial charge in [-0.05, 0) is 6.92 Å². The molecule has 0 aliphatic rings. The van der Waals surface area contributed by atoms with Crippen molar-refractivity contribution >= 4 is 17.3 Å². The van der Waals surface area contributed by atoms with Gasteiger partial charge in [0.05, 0.1) is 9.88 Å². The topological polar surface area (TPSA) is 95.6 Å². The number of nitrogens with zero attached hydrogens (tertiary/aromatic N) is 4. The predicted molar refractivity (Wildman–Crippen MR) is 50.4 cm³/mol. The van der Waals surface area contributed by atoms with Gasteiger partial charge in [0.1, 0.15) is 0 Å². The van der Waals surface area contributed by atoms with Crippen LogP contribution in [0.3, 0.4) is 0 Å². The zero-order valence-corrected chi connectivity index (χ0v) is 7.75. The molecule has 0 aromatic carbocycles. The molecule has 2 aromatic heterocycles. The molecule has 0 atom stereocenters. The number of rotatable bonds is 1. The minimum atomic E-state index is 0.195. The normalized spacial score (nSPS) is 10.5. The van der Waals surface area contributed by atoms with E-state index in [-0.39, 0.29) is 5.95 Å². The molecule has 0 saturated carbocycles. The number of nitrogens with two attached hydrogens (primary N) is 2. The van der Waals surface area contributed by atoms with Gasteiger partial charge < -0.3 is 11.6 Å². The smallest absolute Gasteiger partial charge is 0.241 e. The fraction of sp³-hybridized carbons (Fsp3) is 0.167. The van der Waals surface area contributed by atoms with Gasteiger partial charge in [-0.15, -0.1) is 21.5 Å². The third-order valence-corrected chi connectivity index (χ3v) is 2.47. The van der Waals surface area contributed by atoms with E-state index in [9.17, 15) is 0 Å². The van der Waals surface area contributed by atoms with E-state index in [0.717, 1.165) is 9.88 Å². The quantitative estimate of drug-likeness (QED) is 0.626. The summed E-state index contributed by atoms with van der Waals surface area (Å²) in [6, 6.07) is 0. The Hall–Kier alpha value is -1.63. The SMILES string of the molecule is Cc1ncc(-c2nnc(N)n2N)s1. The Morgan fingerprint density at radius 2 is 2.23 bits per heavy atom. The van der Waals surface area contributed by atoms with Crippen LogP contribution in [0, 0.1) is 6.92 Å². The molecule has 0 fully saturated rings. The molecule has 0 amide bonds. The van der Waals surface area contributed by atoms with Crippen molar-refractivity contribution in [3.8, 4) is 10.7 Å². The minimum absolute atomic E-state index is 0.195. The molecule has 2 rings (SSSR count). The van der Waals surface area contributed by atoms with Crippen LogP contribution >= 0.6 is 11.3 Å². The molecule has 7 heteroatoms. The fourth-order valence-corrected chi connectivity index (χ4v) is 1.70. The molecule has 0 bridgehead atoms. The lowest BCUT2D eigenvalue weighted by Crippen LogP contribution is -2.12. The lowest BCUT2D eigenvalue weighted by molar-refractivity contribution is 1.02. The Bertz CT molecular complexity index is 430. The molecule has 2 aromatic rings. The van der Waals surface area contributed by atoms with Gasteiger partial charge in [-0.1, -0.05) is 0 Å². The zero-order chi connectivity index (χ0) is 9.42. The predicted octanol–water partition coefficient (Wildman–Crippen LogP) is 0.00602. The summed E-state index contributed by atoms with van der Waals surface area (Å²) in [6.45, 7) is 1.91. The lowest BCUT2D eigenvalue weighted by atomic mass is 10.5. The maximum Gasteiger partial charge on any atom is 0.241 e. The summed E-state index contributed by atoms with van der Waals surface area (Å²) < 4.78 is 1.24. The number of thiazole rings is 1. The van der Waals surface area contributed by atoms with Crippen LogP contribution in [0.4, 0.5) is 5.95 Å². The number of hydrogen-bond acceptors (Lipinski definition) is 6. The summed E-state index contributed by atoms with van der Waals surface area (Å²) in [4.78, 5) is 4.95. The number of aryl methyl sites for hydroxylation is 1. The summed E-state index contributed by atoms with van der Waals surface area (Å²) in [6.07, 6.45) is 1.70. The molecule has 13 heavy (non-hydrogen) atoms. The van der Waals surface area contributed by atoms with Gasteiger partial charge in [0.15, 0.2) is 5.82 Å². The Kier molecular flexibility index (Phi) is 1.66. The van der Waals surface area contributed by atoms with E-state index in [0.29, 0.717) is 5.82 Å². The van der Waals surface area contributed by atoms with Gasteiger partial charge in [-0.2, -0.15) is 0 Å². The van der Waals surface area contributed by atoms with Crippen molar-refractivity contribution in [2.75, 3.05) is 11.6 Å². The lowest BCUT2D eigenvalue weighted by Gasteiger charge is -1.95. The van der Waals surface area contributed by atoms with Crippen LogP contribution in [0.25, 0.3) is 10.7 Å². The summed E-state index contributed by atoms with van der Waals surface area (Å²) in [5.74, 6) is 6.33. The minimum Gasteiger partial charge on any atom is -0.366 e. The Morgan fingerprint density at radius 1 is 1.46 bits per heavy atom. The molecule has 0 saturated heterocycles. The molecule has 0 spiro atoms. The second-order valence-corrected chi connectivity index (χ2v) is 3.73. The Labute approximate surface area is 78.2 Å². The third kappa shape index (κ3) is 1.22. The van der Waals surface area contributed by atoms with Crippen LogP contribution in [0.2, 0.25) is 0 Å². The molecule has 4 N–H and O–H groups in total. The summed E-state index contributed by atoms with van der Waals surface area (Å²) in [5.41, 5.74) is 5.43. The maximum atomic E-state index is 5.59. The second-order valence-electron chi connectivity index (χ2n) is 2.50. The van der Waals surface area contributed by atoms with Crippen LogP contribution in [0.1, 0.15) is 5.01 Å². The summed E-state index contributed by atoms with van der Waals surface area (Å²) in [5, 5.41) is 8.43. The highest BCUT2D eigenvalue weighted by Crippen LogP contribution is 2.23. The molecule has 0 aliphatic heterocycles. The van der Waals surface area contributed by atoms with Crippen LogP contribution < -0.4 is 11.6 Å². The van der Waals surface area contributed by atoms with Crippen molar-refractivity contribution in [2.24, 2.45) is 0 Å². The first-order valence-electron chi connectivity index (χ1n) is 3.57. The van der Waals surface area contributed by atoms with E-state index in [1.54, 1.807) is 6.20 Å². The van der Waals surface area contributed by atoms with Crippen LogP contribution in [-0.2, 0) is 0 Å². The zero-order valence-electron chi connectivity index (χ0n) is 6.93. The van der Waals surface area contributed by atoms with Crippen molar-refractivity contribution in [2.45, 2.75) is 6.92 Å². The van der Waals surface area contributed by atoms with Crippen LogP contribution in [0.5, 0.6) is 0 Å². The molecule has 68 valence electrons. The standard InChI is InChI=1S/C6H8N6S/c1-3-9-2-4(13-3)5-10-11-6(7)12(5)8/h2H,8H2,1H3,(H2,7,11). The van der Waals surface area contributed by atoms with E-state index in [4.69, 9.17) is 11.6 Å². The van der Waals surface area contributed by atoms with E-state index in [2.05, 4.69) is 15.2 Å². The number of aromatic nitrogens is 4. The Morgan fingerprint density at radius 3 is 2.69 bits per heavy atom. The number of anilines is 1. The van der Waals surface area contributed by atoms with Gasteiger partial charge in [-0.25, -0.2) is 9.66 Å². The molecule has 0 aliphatic carbocycles. The van der Waals surface area contributed by atoms with Crippen molar-refractivity contribution in [1.29, 1.82) is 0 Å². The monoisotopic (exact) mass is 196 g/mol. The van der Waals surface area contributed by atoms with E-state index >= 15 is 0 Å². The van der Waals surface area contributed by atoms with Crippen molar-refractivity contribution in [1.82, 2.24) is 19.9 Å².